The second-order valence-electron chi connectivity index (χ2n) is 8.82. The molecule has 2 aromatic carbocycles. The Morgan fingerprint density at radius 2 is 1.74 bits per heavy atom. The number of carbonyl (C=O) groups excluding carboxylic acids is 2. The van der Waals surface area contributed by atoms with Gasteiger partial charge in [-0.1, -0.05) is 61.9 Å². The van der Waals surface area contributed by atoms with Gasteiger partial charge in [0.2, 0.25) is 5.91 Å². The van der Waals surface area contributed by atoms with E-state index in [1.54, 1.807) is 0 Å². The molecule has 2 aromatic rings. The van der Waals surface area contributed by atoms with Gasteiger partial charge < -0.3 is 24.8 Å². The first-order valence-corrected chi connectivity index (χ1v) is 11.6. The van der Waals surface area contributed by atoms with E-state index in [4.69, 9.17) is 9.47 Å². The Morgan fingerprint density at radius 3 is 2.26 bits per heavy atom. The zero-order valence-corrected chi connectivity index (χ0v) is 19.5. The number of fused-ring (bicyclic) bond motifs is 3. The summed E-state index contributed by atoms with van der Waals surface area (Å²) in [5.41, 5.74) is 3.09. The molecule has 8 nitrogen and oxygen atoms in total. The van der Waals surface area contributed by atoms with Gasteiger partial charge in [-0.2, -0.15) is 0 Å². The average molecular weight is 467 g/mol. The number of amides is 2. The molecule has 0 aromatic heterocycles. The van der Waals surface area contributed by atoms with Gasteiger partial charge in [0.15, 0.2) is 5.60 Å². The first kappa shape index (κ1) is 23.8. The summed E-state index contributed by atoms with van der Waals surface area (Å²) in [6.45, 7) is 2.28. The number of benzene rings is 2. The van der Waals surface area contributed by atoms with E-state index in [1.807, 2.05) is 43.3 Å². The van der Waals surface area contributed by atoms with Crippen LogP contribution in [0.2, 0.25) is 0 Å². The van der Waals surface area contributed by atoms with Gasteiger partial charge in [0, 0.05) is 26.0 Å². The summed E-state index contributed by atoms with van der Waals surface area (Å²) in [5, 5.41) is 12.2. The van der Waals surface area contributed by atoms with Crippen LogP contribution in [0.15, 0.2) is 48.5 Å². The van der Waals surface area contributed by atoms with Gasteiger partial charge in [0.25, 0.3) is 0 Å². The van der Waals surface area contributed by atoms with Crippen LogP contribution in [0.4, 0.5) is 4.79 Å². The van der Waals surface area contributed by atoms with E-state index in [0.29, 0.717) is 12.8 Å². The Hall–Kier alpha value is -3.39. The number of aliphatic carboxylic acids is 1. The normalized spacial score (nSPS) is 19.9. The second kappa shape index (κ2) is 9.85. The first-order valence-electron chi connectivity index (χ1n) is 11.6. The van der Waals surface area contributed by atoms with Crippen LogP contribution in [0.1, 0.15) is 43.2 Å². The number of carboxylic acids is 1. The van der Waals surface area contributed by atoms with Gasteiger partial charge in [-0.3, -0.25) is 4.79 Å². The maximum atomic E-state index is 13.1. The van der Waals surface area contributed by atoms with Crippen molar-refractivity contribution in [1.29, 1.82) is 0 Å². The molecule has 1 unspecified atom stereocenters. The number of methoxy groups -OCH3 is 1. The summed E-state index contributed by atoms with van der Waals surface area (Å²) in [5.74, 6) is -1.49. The molecule has 1 fully saturated rings. The second-order valence-corrected chi connectivity index (χ2v) is 8.82. The molecule has 0 saturated carbocycles. The zero-order valence-electron chi connectivity index (χ0n) is 19.5. The van der Waals surface area contributed by atoms with Crippen molar-refractivity contribution in [1.82, 2.24) is 10.2 Å². The number of hydrogen-bond acceptors (Lipinski definition) is 5. The van der Waals surface area contributed by atoms with E-state index >= 15 is 0 Å². The fourth-order valence-electron chi connectivity index (χ4n) is 4.95. The van der Waals surface area contributed by atoms with Crippen LogP contribution in [0, 0.1) is 0 Å². The molecule has 2 aliphatic rings. The maximum Gasteiger partial charge on any atom is 0.407 e. The third-order valence-corrected chi connectivity index (χ3v) is 6.84. The molecule has 4 rings (SSSR count). The molecule has 1 heterocycles. The molecule has 0 spiro atoms. The smallest absolute Gasteiger partial charge is 0.407 e. The minimum Gasteiger partial charge on any atom is -0.479 e. The third-order valence-electron chi connectivity index (χ3n) is 6.84. The number of rotatable bonds is 8. The summed E-state index contributed by atoms with van der Waals surface area (Å²) in [6, 6.07) is 15.4. The Morgan fingerprint density at radius 1 is 1.12 bits per heavy atom. The van der Waals surface area contributed by atoms with Crippen LogP contribution in [0.3, 0.4) is 0 Å². The summed E-state index contributed by atoms with van der Waals surface area (Å²) in [7, 11) is 1.33. The molecule has 0 radical (unpaired) electrons. The lowest BCUT2D eigenvalue weighted by Gasteiger charge is -2.26. The minimum atomic E-state index is -1.41. The number of likely N-dealkylation sites (tertiary alicyclic amines) is 1. The van der Waals surface area contributed by atoms with E-state index in [1.165, 1.54) is 12.0 Å². The number of alkyl carbamates (subject to hydrolysis) is 1. The first-order chi connectivity index (χ1) is 16.4. The molecule has 8 heteroatoms. The van der Waals surface area contributed by atoms with E-state index in [-0.39, 0.29) is 37.9 Å². The highest BCUT2D eigenvalue weighted by atomic mass is 16.5. The SMILES string of the molecule is CCC[C@@H](NC(=O)OCC1c2ccccc2-c2ccccc21)C(=O)N1CCC(OC)(C(=O)O)C1. The fourth-order valence-corrected chi connectivity index (χ4v) is 4.95. The molecule has 1 aliphatic heterocycles. The Labute approximate surface area is 198 Å². The monoisotopic (exact) mass is 466 g/mol. The fraction of sp³-hybridized carbons (Fsp3) is 0.423. The van der Waals surface area contributed by atoms with E-state index in [0.717, 1.165) is 22.3 Å². The Kier molecular flexibility index (Phi) is 6.88. The molecule has 2 atom stereocenters. The van der Waals surface area contributed by atoms with Gasteiger partial charge in [-0.25, -0.2) is 9.59 Å². The number of ether oxygens (including phenoxy) is 2. The van der Waals surface area contributed by atoms with Gasteiger partial charge in [-0.05, 0) is 28.7 Å². The molecule has 2 N–H and O–H groups in total. The number of hydrogen-bond donors (Lipinski definition) is 2. The lowest BCUT2D eigenvalue weighted by atomic mass is 9.98. The molecule has 0 bridgehead atoms. The maximum absolute atomic E-state index is 13.1. The molecule has 1 aliphatic carbocycles. The molecule has 34 heavy (non-hydrogen) atoms. The summed E-state index contributed by atoms with van der Waals surface area (Å²) in [4.78, 5) is 38.9. The van der Waals surface area contributed by atoms with Crippen molar-refractivity contribution < 1.29 is 29.0 Å². The van der Waals surface area contributed by atoms with E-state index in [2.05, 4.69) is 17.4 Å². The van der Waals surface area contributed by atoms with E-state index in [9.17, 15) is 19.5 Å². The van der Waals surface area contributed by atoms with Crippen molar-refractivity contribution in [2.75, 3.05) is 26.8 Å². The number of nitrogens with one attached hydrogen (secondary N) is 1. The highest BCUT2D eigenvalue weighted by Gasteiger charge is 2.47. The Balaban J connectivity index is 1.40. The Bertz CT molecular complexity index is 1040. The molecular weight excluding hydrogens is 436 g/mol. The largest absolute Gasteiger partial charge is 0.479 e. The van der Waals surface area contributed by atoms with Gasteiger partial charge in [-0.15, -0.1) is 0 Å². The van der Waals surface area contributed by atoms with E-state index < -0.39 is 23.7 Å². The molecule has 1 saturated heterocycles. The van der Waals surface area contributed by atoms with Crippen molar-refractivity contribution in [2.45, 2.75) is 43.7 Å². The van der Waals surface area contributed by atoms with Crippen LogP contribution in [-0.2, 0) is 19.1 Å². The van der Waals surface area contributed by atoms with Crippen LogP contribution >= 0.6 is 0 Å². The highest BCUT2D eigenvalue weighted by molar-refractivity contribution is 5.88. The van der Waals surface area contributed by atoms with Crippen molar-refractivity contribution in [3.05, 3.63) is 59.7 Å². The van der Waals surface area contributed by atoms with Gasteiger partial charge in [0.05, 0.1) is 6.54 Å². The van der Waals surface area contributed by atoms with Crippen molar-refractivity contribution in [2.24, 2.45) is 0 Å². The van der Waals surface area contributed by atoms with Crippen LogP contribution in [-0.4, -0.2) is 66.4 Å². The summed E-state index contributed by atoms with van der Waals surface area (Å²) < 4.78 is 10.8. The van der Waals surface area contributed by atoms with Crippen molar-refractivity contribution >= 4 is 18.0 Å². The van der Waals surface area contributed by atoms with Crippen LogP contribution < -0.4 is 5.32 Å². The quantitative estimate of drug-likeness (QED) is 0.618. The summed E-state index contributed by atoms with van der Waals surface area (Å²) in [6.07, 6.45) is 0.632. The standard InChI is InChI=1S/C26H30N2O6/c1-3-8-22(23(29)28-14-13-26(16-28,33-2)24(30)31)27-25(32)34-15-21-19-11-6-4-9-17(19)18-10-5-7-12-20(18)21/h4-7,9-12,21-22H,3,8,13-16H2,1-2H3,(H,27,32)(H,30,31)/t22-,26?/m1/s1. The third kappa shape index (κ3) is 4.37. The summed E-state index contributed by atoms with van der Waals surface area (Å²) >= 11 is 0. The van der Waals surface area contributed by atoms with Crippen LogP contribution in [0.5, 0.6) is 0 Å². The number of carbonyl (C=O) groups is 3. The molecular formula is C26H30N2O6. The average Bonchev–Trinajstić information content (AvgIpc) is 3.43. The highest BCUT2D eigenvalue weighted by Crippen LogP contribution is 2.44. The van der Waals surface area contributed by atoms with Gasteiger partial charge in [0.1, 0.15) is 12.6 Å². The van der Waals surface area contributed by atoms with Crippen LogP contribution in [0.25, 0.3) is 11.1 Å². The van der Waals surface area contributed by atoms with Crippen molar-refractivity contribution in [3.63, 3.8) is 0 Å². The lowest BCUT2D eigenvalue weighted by Crippen LogP contribution is -2.50. The van der Waals surface area contributed by atoms with Crippen molar-refractivity contribution in [3.8, 4) is 11.1 Å². The molecule has 2 amide bonds. The molecule has 180 valence electrons. The van der Waals surface area contributed by atoms with Gasteiger partial charge >= 0.3 is 12.1 Å². The number of carboxylic acid groups (broad SMARTS) is 1. The lowest BCUT2D eigenvalue weighted by molar-refractivity contribution is -0.161. The number of nitrogens with zero attached hydrogens (tertiary/aromatic N) is 1. The predicted octanol–water partition coefficient (Wildman–Crippen LogP) is 3.40. The zero-order chi connectivity index (χ0) is 24.3. The minimum absolute atomic E-state index is 0.0513. The topological polar surface area (TPSA) is 105 Å². The predicted molar refractivity (Wildman–Crippen MR) is 125 cm³/mol.